The molecule has 0 aliphatic carbocycles. The lowest BCUT2D eigenvalue weighted by molar-refractivity contribution is -0.327. The zero-order valence-corrected chi connectivity index (χ0v) is 9.79. The van der Waals surface area contributed by atoms with E-state index in [4.69, 9.17) is 0 Å². The number of ketones is 2. The number of halogens is 7. The Balaban J connectivity index is 5.51. The van der Waals surface area contributed by atoms with Crippen LogP contribution in [0.25, 0.3) is 0 Å². The molecule has 19 heavy (non-hydrogen) atoms. The molecule has 0 radical (unpaired) electrons. The molecule has 0 aromatic rings. The zero-order chi connectivity index (χ0) is 15.5. The average Bonchev–Trinajstić information content (AvgIpc) is 2.14. The Morgan fingerprint density at radius 2 is 1.37 bits per heavy atom. The SMILES string of the molecule is CCCC(=O)CC(=O)C(CF)(C(F)(F)F)C(F)(F)F. The number of Topliss-reactive ketones (excluding diaryl/α,β-unsaturated/α-hetero) is 2. The van der Waals surface area contributed by atoms with Crippen LogP contribution < -0.4 is 0 Å². The van der Waals surface area contributed by atoms with Crippen LogP contribution in [0.2, 0.25) is 0 Å². The zero-order valence-electron chi connectivity index (χ0n) is 9.79. The highest BCUT2D eigenvalue weighted by Crippen LogP contribution is 2.51. The van der Waals surface area contributed by atoms with E-state index in [-0.39, 0.29) is 12.8 Å². The van der Waals surface area contributed by atoms with Gasteiger partial charge in [0.15, 0.2) is 5.78 Å². The molecule has 9 heteroatoms. The van der Waals surface area contributed by atoms with E-state index in [0.29, 0.717) is 0 Å². The van der Waals surface area contributed by atoms with Crippen LogP contribution in [0.5, 0.6) is 0 Å². The molecule has 0 N–H and O–H groups in total. The van der Waals surface area contributed by atoms with Crippen LogP contribution in [0.4, 0.5) is 30.7 Å². The van der Waals surface area contributed by atoms with Gasteiger partial charge >= 0.3 is 12.4 Å². The molecule has 2 nitrogen and oxygen atoms in total. The molecule has 0 aromatic carbocycles. The lowest BCUT2D eigenvalue weighted by Gasteiger charge is -2.33. The summed E-state index contributed by atoms with van der Waals surface area (Å²) in [6.45, 7) is -1.52. The summed E-state index contributed by atoms with van der Waals surface area (Å²) in [5.74, 6) is -3.59. The minimum absolute atomic E-state index is 0.159. The van der Waals surface area contributed by atoms with Gasteiger partial charge < -0.3 is 0 Å². The maximum Gasteiger partial charge on any atom is 0.412 e. The van der Waals surface area contributed by atoms with Gasteiger partial charge in [0.2, 0.25) is 5.41 Å². The van der Waals surface area contributed by atoms with Crippen LogP contribution in [-0.4, -0.2) is 30.6 Å². The van der Waals surface area contributed by atoms with Gasteiger partial charge in [-0.25, -0.2) is 4.39 Å². The van der Waals surface area contributed by atoms with Gasteiger partial charge in [0, 0.05) is 6.42 Å². The predicted octanol–water partition coefficient (Wildman–Crippen LogP) is 3.40. The molecule has 0 aliphatic rings. The van der Waals surface area contributed by atoms with Crippen molar-refractivity contribution in [2.75, 3.05) is 6.67 Å². The largest absolute Gasteiger partial charge is 0.412 e. The second-order valence-electron chi connectivity index (χ2n) is 3.92. The second-order valence-corrected chi connectivity index (χ2v) is 3.92. The third-order valence-corrected chi connectivity index (χ3v) is 2.53. The lowest BCUT2D eigenvalue weighted by Crippen LogP contribution is -2.57. The van der Waals surface area contributed by atoms with E-state index in [9.17, 15) is 40.3 Å². The summed E-state index contributed by atoms with van der Waals surface area (Å²) < 4.78 is 87.2. The molecule has 0 bridgehead atoms. The van der Waals surface area contributed by atoms with Crippen molar-refractivity contribution in [3.63, 3.8) is 0 Å². The molecular weight excluding hydrogens is 285 g/mol. The van der Waals surface area contributed by atoms with Crippen LogP contribution in [0.15, 0.2) is 0 Å². The highest BCUT2D eigenvalue weighted by molar-refractivity contribution is 6.02. The van der Waals surface area contributed by atoms with E-state index in [1.165, 1.54) is 6.92 Å². The van der Waals surface area contributed by atoms with Crippen molar-refractivity contribution in [3.05, 3.63) is 0 Å². The minimum atomic E-state index is -6.15. The molecule has 0 atom stereocenters. The third kappa shape index (κ3) is 3.44. The van der Waals surface area contributed by atoms with Crippen molar-refractivity contribution in [1.29, 1.82) is 0 Å². The van der Waals surface area contributed by atoms with Crippen LogP contribution in [0, 0.1) is 5.41 Å². The van der Waals surface area contributed by atoms with Crippen molar-refractivity contribution >= 4 is 11.6 Å². The quantitative estimate of drug-likeness (QED) is 0.556. The van der Waals surface area contributed by atoms with Crippen molar-refractivity contribution in [1.82, 2.24) is 0 Å². The molecule has 0 heterocycles. The fraction of sp³-hybridized carbons (Fsp3) is 0.800. The molecule has 112 valence electrons. The Bertz CT molecular complexity index is 329. The molecule has 0 saturated heterocycles. The Morgan fingerprint density at radius 1 is 0.947 bits per heavy atom. The number of rotatable bonds is 6. The summed E-state index contributed by atoms with van der Waals surface area (Å²) in [6, 6.07) is 0. The van der Waals surface area contributed by atoms with Crippen LogP contribution >= 0.6 is 0 Å². The Hall–Kier alpha value is -1.15. The van der Waals surface area contributed by atoms with Gasteiger partial charge in [0.05, 0.1) is 6.42 Å². The molecule has 0 saturated carbocycles. The third-order valence-electron chi connectivity index (χ3n) is 2.53. The summed E-state index contributed by atoms with van der Waals surface area (Å²) in [5, 5.41) is 0. The first-order chi connectivity index (χ1) is 8.44. The number of hydrogen-bond donors (Lipinski definition) is 0. The molecule has 0 aromatic heterocycles. The minimum Gasteiger partial charge on any atom is -0.299 e. The summed E-state index contributed by atoms with van der Waals surface area (Å²) in [6.07, 6.45) is -14.1. The first-order valence-electron chi connectivity index (χ1n) is 5.18. The van der Waals surface area contributed by atoms with Gasteiger partial charge in [0.25, 0.3) is 0 Å². The van der Waals surface area contributed by atoms with Crippen LogP contribution in [-0.2, 0) is 9.59 Å². The number of carbonyl (C=O) groups excluding carboxylic acids is 2. The molecule has 0 rings (SSSR count). The summed E-state index contributed by atoms with van der Waals surface area (Å²) in [7, 11) is 0. The van der Waals surface area contributed by atoms with Crippen molar-refractivity contribution in [2.45, 2.75) is 38.5 Å². The number of alkyl halides is 7. The monoisotopic (exact) mass is 296 g/mol. The first-order valence-corrected chi connectivity index (χ1v) is 5.18. The topological polar surface area (TPSA) is 34.1 Å². The van der Waals surface area contributed by atoms with Crippen LogP contribution in [0.1, 0.15) is 26.2 Å². The fourth-order valence-corrected chi connectivity index (χ4v) is 1.40. The molecule has 0 unspecified atom stereocenters. The molecule has 0 aliphatic heterocycles. The van der Waals surface area contributed by atoms with Gasteiger partial charge in [0.1, 0.15) is 12.5 Å². The molecule has 0 amide bonds. The smallest absolute Gasteiger partial charge is 0.299 e. The van der Waals surface area contributed by atoms with Crippen molar-refractivity contribution < 1.29 is 40.3 Å². The van der Waals surface area contributed by atoms with Crippen molar-refractivity contribution in [2.24, 2.45) is 5.41 Å². The first kappa shape index (κ1) is 17.8. The maximum atomic E-state index is 12.5. The normalized spacial score (nSPS) is 13.5. The van der Waals surface area contributed by atoms with Crippen LogP contribution in [0.3, 0.4) is 0 Å². The highest BCUT2D eigenvalue weighted by Gasteiger charge is 2.75. The van der Waals surface area contributed by atoms with Crippen molar-refractivity contribution in [3.8, 4) is 0 Å². The number of carbonyl (C=O) groups is 2. The summed E-state index contributed by atoms with van der Waals surface area (Å²) in [4.78, 5) is 22.2. The Kier molecular flexibility index (Phi) is 5.52. The van der Waals surface area contributed by atoms with E-state index in [1.54, 1.807) is 0 Å². The van der Waals surface area contributed by atoms with Gasteiger partial charge in [-0.1, -0.05) is 6.92 Å². The van der Waals surface area contributed by atoms with Gasteiger partial charge in [-0.05, 0) is 6.42 Å². The van der Waals surface area contributed by atoms with E-state index in [2.05, 4.69) is 0 Å². The summed E-state index contributed by atoms with van der Waals surface area (Å²) >= 11 is 0. The maximum absolute atomic E-state index is 12.5. The van der Waals surface area contributed by atoms with E-state index < -0.39 is 42.4 Å². The predicted molar refractivity (Wildman–Crippen MR) is 50.1 cm³/mol. The lowest BCUT2D eigenvalue weighted by atomic mass is 9.80. The Labute approximate surface area is 104 Å². The average molecular weight is 296 g/mol. The molecular formula is C10H11F7O2. The van der Waals surface area contributed by atoms with E-state index >= 15 is 0 Å². The second kappa shape index (κ2) is 5.87. The van der Waals surface area contributed by atoms with Gasteiger partial charge in [-0.2, -0.15) is 26.3 Å². The highest BCUT2D eigenvalue weighted by atomic mass is 19.4. The van der Waals surface area contributed by atoms with E-state index in [1.807, 2.05) is 0 Å². The van der Waals surface area contributed by atoms with Gasteiger partial charge in [-0.15, -0.1) is 0 Å². The number of hydrogen-bond acceptors (Lipinski definition) is 2. The molecule has 0 spiro atoms. The Morgan fingerprint density at radius 3 is 1.63 bits per heavy atom. The van der Waals surface area contributed by atoms with E-state index in [0.717, 1.165) is 0 Å². The fourth-order valence-electron chi connectivity index (χ4n) is 1.40. The van der Waals surface area contributed by atoms with Gasteiger partial charge in [-0.3, -0.25) is 9.59 Å². The molecule has 0 fully saturated rings. The standard InChI is InChI=1S/C10H11F7O2/c1-2-3-6(18)4-7(19)8(5-11,9(12,13)14)10(15,16)17/h2-5H2,1H3. The summed E-state index contributed by atoms with van der Waals surface area (Å²) in [5.41, 5.74) is -5.12.